The van der Waals surface area contributed by atoms with Crippen molar-refractivity contribution in [1.82, 2.24) is 14.9 Å². The van der Waals surface area contributed by atoms with Crippen LogP contribution in [0, 0.1) is 5.92 Å². The van der Waals surface area contributed by atoms with Gasteiger partial charge in [-0.3, -0.25) is 19.6 Å². The lowest BCUT2D eigenvalue weighted by atomic mass is 9.89. The molecule has 0 saturated carbocycles. The highest BCUT2D eigenvalue weighted by atomic mass is 16.5. The van der Waals surface area contributed by atoms with Crippen molar-refractivity contribution in [1.29, 1.82) is 0 Å². The molecule has 2 aromatic carbocycles. The van der Waals surface area contributed by atoms with Gasteiger partial charge in [0, 0.05) is 31.4 Å². The zero-order valence-corrected chi connectivity index (χ0v) is 15.7. The minimum Gasteiger partial charge on any atom is -0.496 e. The second-order valence-corrected chi connectivity index (χ2v) is 6.88. The fourth-order valence-electron chi connectivity index (χ4n) is 3.78. The quantitative estimate of drug-likeness (QED) is 0.654. The molecule has 1 atom stereocenters. The van der Waals surface area contributed by atoms with Crippen LogP contribution in [0.2, 0.25) is 0 Å². The normalized spacial score (nSPS) is 16.8. The highest BCUT2D eigenvalue weighted by Gasteiger charge is 2.31. The van der Waals surface area contributed by atoms with E-state index >= 15 is 0 Å². The number of carbonyl (C=O) groups is 2. The smallest absolute Gasteiger partial charge is 0.256 e. The van der Waals surface area contributed by atoms with E-state index in [1.54, 1.807) is 42.6 Å². The third-order valence-corrected chi connectivity index (χ3v) is 5.18. The number of rotatable bonds is 4. The van der Waals surface area contributed by atoms with Crippen LogP contribution < -0.4 is 4.74 Å². The molecule has 6 heteroatoms. The number of likely N-dealkylation sites (tertiary alicyclic amines) is 1. The van der Waals surface area contributed by atoms with Crippen LogP contribution in [-0.2, 0) is 0 Å². The molecule has 1 amide bonds. The topological polar surface area (TPSA) is 72.4 Å². The maximum atomic E-state index is 13.2. The van der Waals surface area contributed by atoms with Crippen molar-refractivity contribution in [2.24, 2.45) is 5.92 Å². The Morgan fingerprint density at radius 3 is 2.68 bits per heavy atom. The summed E-state index contributed by atoms with van der Waals surface area (Å²) in [4.78, 5) is 36.6. The summed E-state index contributed by atoms with van der Waals surface area (Å²) in [5.41, 5.74) is 2.37. The number of ketones is 1. The fourth-order valence-corrected chi connectivity index (χ4v) is 3.78. The number of amides is 1. The number of hydrogen-bond donors (Lipinski definition) is 0. The lowest BCUT2D eigenvalue weighted by molar-refractivity contribution is 0.0637. The van der Waals surface area contributed by atoms with Crippen LogP contribution >= 0.6 is 0 Å². The van der Waals surface area contributed by atoms with Crippen LogP contribution in [-0.4, -0.2) is 46.8 Å². The van der Waals surface area contributed by atoms with Gasteiger partial charge >= 0.3 is 0 Å². The molecule has 1 saturated heterocycles. The van der Waals surface area contributed by atoms with Gasteiger partial charge in [-0.1, -0.05) is 18.2 Å². The number of methoxy groups -OCH3 is 1. The first kappa shape index (κ1) is 18.1. The first-order valence-electron chi connectivity index (χ1n) is 9.35. The summed E-state index contributed by atoms with van der Waals surface area (Å²) in [5.74, 6) is 0.242. The van der Waals surface area contributed by atoms with E-state index in [9.17, 15) is 9.59 Å². The van der Waals surface area contributed by atoms with Crippen molar-refractivity contribution < 1.29 is 14.3 Å². The van der Waals surface area contributed by atoms with Gasteiger partial charge in [0.05, 0.1) is 23.8 Å². The molecule has 0 N–H and O–H groups in total. The van der Waals surface area contributed by atoms with Crippen LogP contribution in [0.4, 0.5) is 0 Å². The average Bonchev–Trinajstić information content (AvgIpc) is 2.77. The molecule has 28 heavy (non-hydrogen) atoms. The molecular formula is C22H21N3O3. The average molecular weight is 375 g/mol. The third kappa shape index (κ3) is 3.33. The number of benzene rings is 2. The minimum absolute atomic E-state index is 0.0210. The Bertz CT molecular complexity index is 1030. The predicted octanol–water partition coefficient (Wildman–Crippen LogP) is 3.37. The molecule has 1 fully saturated rings. The van der Waals surface area contributed by atoms with Gasteiger partial charge in [0.2, 0.25) is 0 Å². The molecule has 4 rings (SSSR count). The molecule has 1 aliphatic heterocycles. The second kappa shape index (κ2) is 7.76. The number of Topliss-reactive ketones (excluding diaryl/α,β-unsaturated/α-hetero) is 1. The van der Waals surface area contributed by atoms with Gasteiger partial charge in [-0.15, -0.1) is 0 Å². The molecule has 0 radical (unpaired) electrons. The third-order valence-electron chi connectivity index (χ3n) is 5.18. The molecule has 142 valence electrons. The summed E-state index contributed by atoms with van der Waals surface area (Å²) in [6.07, 6.45) is 4.74. The van der Waals surface area contributed by atoms with Gasteiger partial charge in [0.1, 0.15) is 11.3 Å². The summed E-state index contributed by atoms with van der Waals surface area (Å²) < 4.78 is 5.33. The van der Waals surface area contributed by atoms with Crippen molar-refractivity contribution in [2.75, 3.05) is 20.2 Å². The van der Waals surface area contributed by atoms with Crippen LogP contribution in [0.1, 0.15) is 33.6 Å². The number of para-hydroxylation sites is 2. The van der Waals surface area contributed by atoms with Gasteiger partial charge in [0.25, 0.3) is 5.91 Å². The lowest BCUT2D eigenvalue weighted by Crippen LogP contribution is -2.42. The van der Waals surface area contributed by atoms with Crippen LogP contribution in [0.3, 0.4) is 0 Å². The highest BCUT2D eigenvalue weighted by molar-refractivity contribution is 6.05. The second-order valence-electron chi connectivity index (χ2n) is 6.88. The Morgan fingerprint density at radius 2 is 1.82 bits per heavy atom. The van der Waals surface area contributed by atoms with Crippen LogP contribution in [0.25, 0.3) is 11.0 Å². The van der Waals surface area contributed by atoms with Gasteiger partial charge in [-0.2, -0.15) is 0 Å². The molecule has 1 aromatic heterocycles. The number of aromatic nitrogens is 2. The Hall–Kier alpha value is -3.28. The molecule has 0 aliphatic carbocycles. The number of hydrogen-bond acceptors (Lipinski definition) is 5. The predicted molar refractivity (Wildman–Crippen MR) is 105 cm³/mol. The first-order chi connectivity index (χ1) is 13.7. The largest absolute Gasteiger partial charge is 0.496 e. The van der Waals surface area contributed by atoms with Gasteiger partial charge in [-0.05, 0) is 37.1 Å². The van der Waals surface area contributed by atoms with Crippen LogP contribution in [0.5, 0.6) is 5.75 Å². The summed E-state index contributed by atoms with van der Waals surface area (Å²) in [5, 5.41) is 0. The van der Waals surface area contributed by atoms with Crippen molar-refractivity contribution in [3.63, 3.8) is 0 Å². The number of ether oxygens (including phenoxy) is 1. The Labute approximate surface area is 163 Å². The monoisotopic (exact) mass is 375 g/mol. The number of carbonyl (C=O) groups excluding carboxylic acids is 2. The highest BCUT2D eigenvalue weighted by Crippen LogP contribution is 2.27. The maximum absolute atomic E-state index is 13.2. The van der Waals surface area contributed by atoms with Gasteiger partial charge in [-0.25, -0.2) is 0 Å². The molecule has 1 aliphatic rings. The Balaban J connectivity index is 1.58. The summed E-state index contributed by atoms with van der Waals surface area (Å²) in [6.45, 7) is 1.03. The lowest BCUT2D eigenvalue weighted by Gasteiger charge is -2.32. The Morgan fingerprint density at radius 1 is 1.04 bits per heavy atom. The van der Waals surface area contributed by atoms with E-state index in [1.165, 1.54) is 0 Å². The van der Waals surface area contributed by atoms with E-state index in [1.807, 2.05) is 24.3 Å². The fraction of sp³-hybridized carbons (Fsp3) is 0.273. The maximum Gasteiger partial charge on any atom is 0.256 e. The van der Waals surface area contributed by atoms with Crippen molar-refractivity contribution >= 4 is 22.7 Å². The molecule has 6 nitrogen and oxygen atoms in total. The zero-order valence-electron chi connectivity index (χ0n) is 15.7. The molecule has 0 spiro atoms. The SMILES string of the molecule is COc1ccccc1C(=O)C1CCCN(C(=O)c2cccc3nccnc23)C1. The molecule has 1 unspecified atom stereocenters. The summed E-state index contributed by atoms with van der Waals surface area (Å²) >= 11 is 0. The summed E-state index contributed by atoms with van der Waals surface area (Å²) in [7, 11) is 1.56. The van der Waals surface area contributed by atoms with Gasteiger partial charge < -0.3 is 9.64 Å². The molecule has 2 heterocycles. The standard InChI is InChI=1S/C22H21N3O3/c1-28-19-10-3-2-7-16(19)21(26)15-6-5-13-25(14-15)22(27)17-8-4-9-18-20(17)24-12-11-23-18/h2-4,7-12,15H,5-6,13-14H2,1H3. The summed E-state index contributed by atoms with van der Waals surface area (Å²) in [6, 6.07) is 12.7. The van der Waals surface area contributed by atoms with E-state index in [2.05, 4.69) is 9.97 Å². The van der Waals surface area contributed by atoms with E-state index in [0.29, 0.717) is 41.0 Å². The zero-order chi connectivity index (χ0) is 19.5. The molecule has 3 aromatic rings. The van der Waals surface area contributed by atoms with E-state index in [0.717, 1.165) is 12.8 Å². The van der Waals surface area contributed by atoms with Crippen molar-refractivity contribution in [3.05, 3.63) is 66.0 Å². The van der Waals surface area contributed by atoms with Crippen LogP contribution in [0.15, 0.2) is 54.9 Å². The van der Waals surface area contributed by atoms with E-state index in [-0.39, 0.29) is 17.6 Å². The molecular weight excluding hydrogens is 354 g/mol. The first-order valence-corrected chi connectivity index (χ1v) is 9.35. The van der Waals surface area contributed by atoms with Crippen molar-refractivity contribution in [3.8, 4) is 5.75 Å². The number of nitrogens with zero attached hydrogens (tertiary/aromatic N) is 3. The van der Waals surface area contributed by atoms with E-state index < -0.39 is 0 Å². The minimum atomic E-state index is -0.241. The van der Waals surface area contributed by atoms with E-state index in [4.69, 9.17) is 4.74 Å². The van der Waals surface area contributed by atoms with Crippen molar-refractivity contribution in [2.45, 2.75) is 12.8 Å². The number of fused-ring (bicyclic) bond motifs is 1. The number of piperidine rings is 1. The van der Waals surface area contributed by atoms with Gasteiger partial charge in [0.15, 0.2) is 5.78 Å². The molecule has 0 bridgehead atoms. The Kier molecular flexibility index (Phi) is 5.02.